The summed E-state index contributed by atoms with van der Waals surface area (Å²) in [5.74, 6) is 0.735. The fraction of sp³-hybridized carbons (Fsp3) is 0.636. The number of nitrogens with one attached hydrogen (secondary N) is 1. The van der Waals surface area contributed by atoms with Crippen molar-refractivity contribution in [2.45, 2.75) is 40.0 Å². The van der Waals surface area contributed by atoms with E-state index in [-0.39, 0.29) is 0 Å². The summed E-state index contributed by atoms with van der Waals surface area (Å²) in [5, 5.41) is 2.99. The van der Waals surface area contributed by atoms with Crippen molar-refractivity contribution in [3.05, 3.63) is 17.0 Å². The first-order chi connectivity index (χ1) is 6.72. The molecule has 1 aromatic heterocycles. The van der Waals surface area contributed by atoms with Gasteiger partial charge in [-0.05, 0) is 25.3 Å². The summed E-state index contributed by atoms with van der Waals surface area (Å²) in [5.41, 5.74) is 3.63. The molecule has 0 amide bonds. The highest BCUT2D eigenvalue weighted by molar-refractivity contribution is 5.34. The second-order valence-electron chi connectivity index (χ2n) is 3.41. The van der Waals surface area contributed by atoms with E-state index in [9.17, 15) is 0 Å². The van der Waals surface area contributed by atoms with Crippen LogP contribution in [0.2, 0.25) is 0 Å². The minimum absolute atomic E-state index is 0.735. The van der Waals surface area contributed by atoms with Gasteiger partial charge in [0.1, 0.15) is 0 Å². The first kappa shape index (κ1) is 11.0. The summed E-state index contributed by atoms with van der Waals surface area (Å²) in [6.45, 7) is 6.39. The van der Waals surface area contributed by atoms with E-state index in [0.29, 0.717) is 0 Å². The molecule has 0 saturated heterocycles. The predicted octanol–water partition coefficient (Wildman–Crippen LogP) is 2.34. The average molecular weight is 193 g/mol. The van der Waals surface area contributed by atoms with Crippen LogP contribution in [0.15, 0.2) is 0 Å². The first-order valence-electron chi connectivity index (χ1n) is 5.27. The molecular formula is C11H19N3. The molecule has 0 aliphatic rings. The zero-order valence-corrected chi connectivity index (χ0v) is 9.52. The molecule has 14 heavy (non-hydrogen) atoms. The SMILES string of the molecule is CCCc1c(C)nc(NC)nc1CC. The fourth-order valence-corrected chi connectivity index (χ4v) is 1.63. The van der Waals surface area contributed by atoms with Gasteiger partial charge in [0, 0.05) is 18.4 Å². The van der Waals surface area contributed by atoms with Crippen LogP contribution in [-0.2, 0) is 12.8 Å². The number of rotatable bonds is 4. The van der Waals surface area contributed by atoms with Gasteiger partial charge in [0.2, 0.25) is 5.95 Å². The van der Waals surface area contributed by atoms with Crippen LogP contribution >= 0.6 is 0 Å². The first-order valence-corrected chi connectivity index (χ1v) is 5.27. The molecule has 0 saturated carbocycles. The van der Waals surface area contributed by atoms with Crippen molar-refractivity contribution in [1.82, 2.24) is 9.97 Å². The van der Waals surface area contributed by atoms with Gasteiger partial charge < -0.3 is 5.32 Å². The van der Waals surface area contributed by atoms with Crippen molar-refractivity contribution in [2.24, 2.45) is 0 Å². The summed E-state index contributed by atoms with van der Waals surface area (Å²) >= 11 is 0. The number of hydrogen-bond donors (Lipinski definition) is 1. The predicted molar refractivity (Wildman–Crippen MR) is 59.7 cm³/mol. The maximum absolute atomic E-state index is 4.47. The van der Waals surface area contributed by atoms with Gasteiger partial charge in [-0.15, -0.1) is 0 Å². The molecule has 1 heterocycles. The zero-order chi connectivity index (χ0) is 10.6. The van der Waals surface area contributed by atoms with Crippen molar-refractivity contribution in [2.75, 3.05) is 12.4 Å². The highest BCUT2D eigenvalue weighted by Crippen LogP contribution is 2.15. The van der Waals surface area contributed by atoms with Gasteiger partial charge in [-0.1, -0.05) is 20.3 Å². The summed E-state index contributed by atoms with van der Waals surface area (Å²) < 4.78 is 0. The average Bonchev–Trinajstić information content (AvgIpc) is 2.20. The van der Waals surface area contributed by atoms with Gasteiger partial charge in [-0.2, -0.15) is 0 Å². The van der Waals surface area contributed by atoms with Crippen LogP contribution in [-0.4, -0.2) is 17.0 Å². The van der Waals surface area contributed by atoms with Crippen molar-refractivity contribution in [3.8, 4) is 0 Å². The maximum Gasteiger partial charge on any atom is 0.222 e. The molecule has 0 atom stereocenters. The molecule has 0 aromatic carbocycles. The van der Waals surface area contributed by atoms with Crippen LogP contribution in [0.25, 0.3) is 0 Å². The number of nitrogens with zero attached hydrogens (tertiary/aromatic N) is 2. The van der Waals surface area contributed by atoms with Gasteiger partial charge in [0.05, 0.1) is 0 Å². The number of hydrogen-bond acceptors (Lipinski definition) is 3. The van der Waals surface area contributed by atoms with E-state index in [0.717, 1.165) is 30.9 Å². The number of aromatic nitrogens is 2. The molecule has 0 fully saturated rings. The molecule has 3 nitrogen and oxygen atoms in total. The molecule has 1 rings (SSSR count). The van der Waals surface area contributed by atoms with Crippen molar-refractivity contribution < 1.29 is 0 Å². The molecule has 0 bridgehead atoms. The van der Waals surface area contributed by atoms with Crippen LogP contribution in [0, 0.1) is 6.92 Å². The van der Waals surface area contributed by atoms with Gasteiger partial charge in [-0.25, -0.2) is 9.97 Å². The lowest BCUT2D eigenvalue weighted by molar-refractivity contribution is 0.843. The third-order valence-corrected chi connectivity index (χ3v) is 2.36. The topological polar surface area (TPSA) is 37.8 Å². The van der Waals surface area contributed by atoms with E-state index in [1.807, 2.05) is 7.05 Å². The summed E-state index contributed by atoms with van der Waals surface area (Å²) in [6.07, 6.45) is 3.21. The molecule has 0 spiro atoms. The molecule has 0 unspecified atom stereocenters. The Morgan fingerprint density at radius 3 is 2.43 bits per heavy atom. The minimum atomic E-state index is 0.735. The van der Waals surface area contributed by atoms with Gasteiger partial charge in [0.15, 0.2) is 0 Å². The Bertz CT molecular complexity index is 308. The minimum Gasteiger partial charge on any atom is -0.357 e. The second-order valence-corrected chi connectivity index (χ2v) is 3.41. The highest BCUT2D eigenvalue weighted by atomic mass is 15.1. The Kier molecular flexibility index (Phi) is 3.86. The number of aryl methyl sites for hydroxylation is 2. The largest absolute Gasteiger partial charge is 0.357 e. The molecule has 3 heteroatoms. The van der Waals surface area contributed by atoms with Gasteiger partial charge >= 0.3 is 0 Å². The smallest absolute Gasteiger partial charge is 0.222 e. The Balaban J connectivity index is 3.13. The Hall–Kier alpha value is -1.12. The van der Waals surface area contributed by atoms with Crippen LogP contribution in [0.1, 0.15) is 37.2 Å². The molecule has 0 radical (unpaired) electrons. The van der Waals surface area contributed by atoms with Crippen LogP contribution < -0.4 is 5.32 Å². The van der Waals surface area contributed by atoms with Crippen LogP contribution in [0.4, 0.5) is 5.95 Å². The monoisotopic (exact) mass is 193 g/mol. The summed E-state index contributed by atoms with van der Waals surface area (Å²) in [7, 11) is 1.85. The molecule has 0 aliphatic heterocycles. The van der Waals surface area contributed by atoms with Crippen molar-refractivity contribution in [1.29, 1.82) is 0 Å². The van der Waals surface area contributed by atoms with Crippen molar-refractivity contribution >= 4 is 5.95 Å². The van der Waals surface area contributed by atoms with E-state index < -0.39 is 0 Å². The van der Waals surface area contributed by atoms with Gasteiger partial charge in [0.25, 0.3) is 0 Å². The highest BCUT2D eigenvalue weighted by Gasteiger charge is 2.08. The standard InChI is InChI=1S/C11H19N3/c1-5-7-9-8(3)13-11(12-4)14-10(9)6-2/h5-7H2,1-4H3,(H,12,13,14). The van der Waals surface area contributed by atoms with Crippen LogP contribution in [0.5, 0.6) is 0 Å². The lowest BCUT2D eigenvalue weighted by Gasteiger charge is -2.10. The van der Waals surface area contributed by atoms with Gasteiger partial charge in [-0.3, -0.25) is 0 Å². The summed E-state index contributed by atoms with van der Waals surface area (Å²) in [4.78, 5) is 8.86. The fourth-order valence-electron chi connectivity index (χ4n) is 1.63. The van der Waals surface area contributed by atoms with Crippen LogP contribution in [0.3, 0.4) is 0 Å². The van der Waals surface area contributed by atoms with E-state index in [4.69, 9.17) is 0 Å². The lowest BCUT2D eigenvalue weighted by Crippen LogP contribution is -2.06. The molecule has 78 valence electrons. The molecule has 1 N–H and O–H groups in total. The third kappa shape index (κ3) is 2.22. The molecule has 0 aliphatic carbocycles. The zero-order valence-electron chi connectivity index (χ0n) is 9.52. The quantitative estimate of drug-likeness (QED) is 0.797. The molecular weight excluding hydrogens is 174 g/mol. The molecule has 1 aromatic rings. The van der Waals surface area contributed by atoms with E-state index in [1.165, 1.54) is 11.3 Å². The second kappa shape index (κ2) is 4.94. The van der Waals surface area contributed by atoms with E-state index in [2.05, 4.69) is 36.1 Å². The Morgan fingerprint density at radius 1 is 1.21 bits per heavy atom. The number of anilines is 1. The van der Waals surface area contributed by atoms with E-state index >= 15 is 0 Å². The Morgan fingerprint density at radius 2 is 1.93 bits per heavy atom. The summed E-state index contributed by atoms with van der Waals surface area (Å²) in [6, 6.07) is 0. The van der Waals surface area contributed by atoms with E-state index in [1.54, 1.807) is 0 Å². The Labute approximate surface area is 86.0 Å². The maximum atomic E-state index is 4.47. The third-order valence-electron chi connectivity index (χ3n) is 2.36. The normalized spacial score (nSPS) is 10.3. The lowest BCUT2D eigenvalue weighted by atomic mass is 10.1. The van der Waals surface area contributed by atoms with Crippen molar-refractivity contribution in [3.63, 3.8) is 0 Å².